The first-order valence-electron chi connectivity index (χ1n) is 9.29. The van der Waals surface area contributed by atoms with Gasteiger partial charge in [0.25, 0.3) is 5.91 Å². The zero-order chi connectivity index (χ0) is 20.2. The van der Waals surface area contributed by atoms with Crippen molar-refractivity contribution in [3.05, 3.63) is 23.8 Å². The highest BCUT2D eigenvalue weighted by atomic mass is 32.2. The molecule has 1 aliphatic heterocycles. The molecule has 8 heteroatoms. The molecule has 2 rings (SSSR count). The number of amides is 1. The van der Waals surface area contributed by atoms with Crippen LogP contribution in [0.1, 0.15) is 37.0 Å². The van der Waals surface area contributed by atoms with Crippen LogP contribution in [0, 0.1) is 5.92 Å². The van der Waals surface area contributed by atoms with Gasteiger partial charge in [-0.2, -0.15) is 0 Å². The summed E-state index contributed by atoms with van der Waals surface area (Å²) < 4.78 is 31.3. The van der Waals surface area contributed by atoms with Crippen LogP contribution in [0.15, 0.2) is 23.1 Å². The molecule has 1 amide bonds. The number of nitrogens with zero attached hydrogens (tertiary/aromatic N) is 2. The van der Waals surface area contributed by atoms with Crippen LogP contribution in [-0.2, 0) is 10.0 Å². The number of likely N-dealkylation sites (tertiary alicyclic amines) is 1. The maximum atomic E-state index is 12.6. The molecule has 152 valence electrons. The van der Waals surface area contributed by atoms with Crippen molar-refractivity contribution in [3.63, 3.8) is 0 Å². The monoisotopic (exact) mass is 397 g/mol. The first kappa shape index (κ1) is 21.7. The number of carbonyl (C=O) groups excluding carboxylic acids is 1. The number of hydrogen-bond acceptors (Lipinski definition) is 5. The van der Waals surface area contributed by atoms with Crippen molar-refractivity contribution in [2.75, 3.05) is 40.8 Å². The molecule has 7 nitrogen and oxygen atoms in total. The SMILES string of the molecule is COc1ccc(C(=O)NC[C@@H](C)N2CCC[C@H](C)C2)cc1S(=O)(=O)N(C)C. The summed E-state index contributed by atoms with van der Waals surface area (Å²) in [4.78, 5) is 14.9. The molecular weight excluding hydrogens is 366 g/mol. The molecule has 1 N–H and O–H groups in total. The molecule has 1 saturated heterocycles. The lowest BCUT2D eigenvalue weighted by Crippen LogP contribution is -2.46. The Bertz CT molecular complexity index is 764. The van der Waals surface area contributed by atoms with Crippen LogP contribution in [0.3, 0.4) is 0 Å². The second kappa shape index (κ2) is 9.03. The fourth-order valence-electron chi connectivity index (χ4n) is 3.31. The maximum absolute atomic E-state index is 12.6. The molecule has 0 aromatic heterocycles. The molecule has 2 atom stereocenters. The molecule has 1 aromatic rings. The van der Waals surface area contributed by atoms with E-state index in [9.17, 15) is 13.2 Å². The van der Waals surface area contributed by atoms with E-state index in [1.54, 1.807) is 6.07 Å². The van der Waals surface area contributed by atoms with Crippen molar-refractivity contribution in [2.45, 2.75) is 37.6 Å². The summed E-state index contributed by atoms with van der Waals surface area (Å²) in [6.45, 7) is 6.98. The molecule has 0 radical (unpaired) electrons. The number of piperidine rings is 1. The Balaban J connectivity index is 2.10. The van der Waals surface area contributed by atoms with Gasteiger partial charge in [0, 0.05) is 38.8 Å². The van der Waals surface area contributed by atoms with Crippen LogP contribution in [0.2, 0.25) is 0 Å². The summed E-state index contributed by atoms with van der Waals surface area (Å²) in [5.74, 6) is 0.609. The Hall–Kier alpha value is -1.64. The predicted molar refractivity (Wildman–Crippen MR) is 106 cm³/mol. The first-order valence-corrected chi connectivity index (χ1v) is 10.7. The van der Waals surface area contributed by atoms with Gasteiger partial charge in [-0.1, -0.05) is 6.92 Å². The molecule has 1 fully saturated rings. The molecule has 0 spiro atoms. The third-order valence-corrected chi connectivity index (χ3v) is 6.89. The summed E-state index contributed by atoms with van der Waals surface area (Å²) >= 11 is 0. The molecule has 1 aliphatic rings. The van der Waals surface area contributed by atoms with Gasteiger partial charge in [0.2, 0.25) is 10.0 Å². The van der Waals surface area contributed by atoms with Crippen LogP contribution in [0.5, 0.6) is 5.75 Å². The number of carbonyl (C=O) groups is 1. The Morgan fingerprint density at radius 2 is 2.11 bits per heavy atom. The Morgan fingerprint density at radius 1 is 1.41 bits per heavy atom. The summed E-state index contributed by atoms with van der Waals surface area (Å²) in [7, 11) is 0.592. The molecular formula is C19H31N3O4S. The lowest BCUT2D eigenvalue weighted by Gasteiger charge is -2.35. The zero-order valence-electron chi connectivity index (χ0n) is 16.9. The van der Waals surface area contributed by atoms with Gasteiger partial charge in [-0.05, 0) is 50.4 Å². The van der Waals surface area contributed by atoms with Gasteiger partial charge in [0.15, 0.2) is 0 Å². The average Bonchev–Trinajstić information content (AvgIpc) is 2.65. The predicted octanol–water partition coefficient (Wildman–Crippen LogP) is 1.80. The summed E-state index contributed by atoms with van der Waals surface area (Å²) in [6.07, 6.45) is 2.44. The van der Waals surface area contributed by atoms with E-state index in [1.165, 1.54) is 46.2 Å². The molecule has 1 aromatic carbocycles. The quantitative estimate of drug-likeness (QED) is 0.759. The Labute approximate surface area is 162 Å². The van der Waals surface area contributed by atoms with E-state index in [0.717, 1.165) is 17.4 Å². The number of ether oxygens (including phenoxy) is 1. The second-order valence-electron chi connectivity index (χ2n) is 7.45. The first-order chi connectivity index (χ1) is 12.7. The fraction of sp³-hybridized carbons (Fsp3) is 0.632. The van der Waals surface area contributed by atoms with Gasteiger partial charge < -0.3 is 10.1 Å². The van der Waals surface area contributed by atoms with Crippen molar-refractivity contribution in [2.24, 2.45) is 5.92 Å². The van der Waals surface area contributed by atoms with E-state index < -0.39 is 10.0 Å². The molecule has 0 aliphatic carbocycles. The van der Waals surface area contributed by atoms with Crippen molar-refractivity contribution in [1.82, 2.24) is 14.5 Å². The summed E-state index contributed by atoms with van der Waals surface area (Å²) in [5.41, 5.74) is 0.301. The van der Waals surface area contributed by atoms with E-state index in [2.05, 4.69) is 24.1 Å². The lowest BCUT2D eigenvalue weighted by atomic mass is 9.99. The molecule has 0 unspecified atom stereocenters. The minimum atomic E-state index is -3.71. The van der Waals surface area contributed by atoms with Gasteiger partial charge in [-0.15, -0.1) is 0 Å². The largest absolute Gasteiger partial charge is 0.495 e. The van der Waals surface area contributed by atoms with Crippen LogP contribution in [-0.4, -0.2) is 70.4 Å². The molecule has 0 saturated carbocycles. The second-order valence-corrected chi connectivity index (χ2v) is 9.57. The number of benzene rings is 1. The minimum absolute atomic E-state index is 0.0134. The van der Waals surface area contributed by atoms with Gasteiger partial charge in [0.1, 0.15) is 10.6 Å². The highest BCUT2D eigenvalue weighted by Gasteiger charge is 2.25. The van der Waals surface area contributed by atoms with Crippen LogP contribution >= 0.6 is 0 Å². The highest BCUT2D eigenvalue weighted by Crippen LogP contribution is 2.27. The van der Waals surface area contributed by atoms with Crippen LogP contribution < -0.4 is 10.1 Å². The fourth-order valence-corrected chi connectivity index (χ4v) is 4.39. The van der Waals surface area contributed by atoms with Crippen LogP contribution in [0.4, 0.5) is 0 Å². The number of methoxy groups -OCH3 is 1. The van der Waals surface area contributed by atoms with Crippen molar-refractivity contribution in [3.8, 4) is 5.75 Å². The smallest absolute Gasteiger partial charge is 0.251 e. The number of nitrogens with one attached hydrogen (secondary N) is 1. The average molecular weight is 398 g/mol. The van der Waals surface area contributed by atoms with Gasteiger partial charge in [0.05, 0.1) is 7.11 Å². The number of hydrogen-bond donors (Lipinski definition) is 1. The van der Waals surface area contributed by atoms with Gasteiger partial charge >= 0.3 is 0 Å². The Morgan fingerprint density at radius 3 is 2.70 bits per heavy atom. The van der Waals surface area contributed by atoms with E-state index in [4.69, 9.17) is 4.74 Å². The summed E-state index contributed by atoms with van der Waals surface area (Å²) in [6, 6.07) is 4.70. The van der Waals surface area contributed by atoms with Crippen molar-refractivity contribution in [1.29, 1.82) is 0 Å². The summed E-state index contributed by atoms with van der Waals surface area (Å²) in [5, 5.41) is 2.93. The van der Waals surface area contributed by atoms with E-state index in [-0.39, 0.29) is 22.6 Å². The molecule has 1 heterocycles. The van der Waals surface area contributed by atoms with E-state index in [0.29, 0.717) is 18.0 Å². The number of sulfonamides is 1. The minimum Gasteiger partial charge on any atom is -0.495 e. The molecule has 27 heavy (non-hydrogen) atoms. The zero-order valence-corrected chi connectivity index (χ0v) is 17.7. The maximum Gasteiger partial charge on any atom is 0.251 e. The van der Waals surface area contributed by atoms with Gasteiger partial charge in [-0.25, -0.2) is 12.7 Å². The highest BCUT2D eigenvalue weighted by molar-refractivity contribution is 7.89. The standard InChI is InChI=1S/C19H31N3O4S/c1-14-7-6-10-22(13-14)15(2)12-20-19(23)16-8-9-17(26-5)18(11-16)27(24,25)21(3)4/h8-9,11,14-15H,6-7,10,12-13H2,1-5H3,(H,20,23)/t14-,15+/m0/s1. The molecule has 0 bridgehead atoms. The van der Waals surface area contributed by atoms with Crippen molar-refractivity contribution < 1.29 is 17.9 Å². The van der Waals surface area contributed by atoms with E-state index in [1.807, 2.05) is 0 Å². The normalized spacial score (nSPS) is 19.7. The van der Waals surface area contributed by atoms with Crippen LogP contribution in [0.25, 0.3) is 0 Å². The number of rotatable bonds is 7. The third kappa shape index (κ3) is 5.21. The van der Waals surface area contributed by atoms with Gasteiger partial charge in [-0.3, -0.25) is 9.69 Å². The Kier molecular flexibility index (Phi) is 7.25. The van der Waals surface area contributed by atoms with Crippen molar-refractivity contribution >= 4 is 15.9 Å². The lowest BCUT2D eigenvalue weighted by molar-refractivity contribution is 0.0917. The third-order valence-electron chi connectivity index (χ3n) is 5.05. The van der Waals surface area contributed by atoms with E-state index >= 15 is 0 Å². The topological polar surface area (TPSA) is 79.0 Å².